The SMILES string of the molecule is Cc1cccc2nc(C(C)Nc3ncnc4nc(N)[nH]c34)c(-c3ccccc3)nc12. The van der Waals surface area contributed by atoms with Crippen LogP contribution in [0, 0.1) is 6.92 Å². The van der Waals surface area contributed by atoms with E-state index in [9.17, 15) is 0 Å². The average molecular weight is 396 g/mol. The number of H-pyrrole nitrogens is 1. The predicted octanol–water partition coefficient (Wildman–Crippen LogP) is 4.03. The number of para-hydroxylation sites is 1. The summed E-state index contributed by atoms with van der Waals surface area (Å²) in [5.41, 5.74) is 12.5. The minimum atomic E-state index is -0.180. The first-order valence-electron chi connectivity index (χ1n) is 9.65. The number of aryl methyl sites for hydroxylation is 1. The molecule has 0 aliphatic heterocycles. The molecule has 148 valence electrons. The third kappa shape index (κ3) is 3.08. The Bertz CT molecular complexity index is 1360. The molecule has 8 nitrogen and oxygen atoms in total. The molecule has 0 fully saturated rings. The lowest BCUT2D eigenvalue weighted by Crippen LogP contribution is -2.13. The van der Waals surface area contributed by atoms with E-state index in [0.717, 1.165) is 33.5 Å². The third-order valence-corrected chi connectivity index (χ3v) is 5.04. The number of nitrogens with zero attached hydrogens (tertiary/aromatic N) is 5. The topological polar surface area (TPSA) is 118 Å². The highest BCUT2D eigenvalue weighted by molar-refractivity contribution is 5.85. The summed E-state index contributed by atoms with van der Waals surface area (Å²) in [6.45, 7) is 4.08. The number of nitrogens with one attached hydrogen (secondary N) is 2. The van der Waals surface area contributed by atoms with Crippen LogP contribution >= 0.6 is 0 Å². The zero-order valence-electron chi connectivity index (χ0n) is 16.6. The average Bonchev–Trinajstić information content (AvgIpc) is 3.15. The normalized spacial score (nSPS) is 12.3. The highest BCUT2D eigenvalue weighted by Crippen LogP contribution is 2.31. The van der Waals surface area contributed by atoms with Crippen LogP contribution < -0.4 is 11.1 Å². The molecule has 0 aliphatic rings. The highest BCUT2D eigenvalue weighted by Gasteiger charge is 2.19. The van der Waals surface area contributed by atoms with Crippen molar-refractivity contribution in [2.75, 3.05) is 11.1 Å². The van der Waals surface area contributed by atoms with E-state index in [1.54, 1.807) is 0 Å². The first-order valence-corrected chi connectivity index (χ1v) is 9.65. The van der Waals surface area contributed by atoms with Gasteiger partial charge in [0.1, 0.15) is 11.8 Å². The number of benzene rings is 2. The van der Waals surface area contributed by atoms with E-state index in [0.29, 0.717) is 22.9 Å². The fraction of sp³-hybridized carbons (Fsp3) is 0.136. The molecule has 3 heterocycles. The number of nitrogen functional groups attached to an aromatic ring is 1. The summed E-state index contributed by atoms with van der Waals surface area (Å²) in [5, 5.41) is 3.42. The number of imidazole rings is 1. The minimum Gasteiger partial charge on any atom is -0.369 e. The maximum absolute atomic E-state index is 5.79. The summed E-state index contributed by atoms with van der Waals surface area (Å²) in [4.78, 5) is 25.7. The van der Waals surface area contributed by atoms with Crippen LogP contribution in [0.25, 0.3) is 33.5 Å². The number of aromatic nitrogens is 6. The Morgan fingerprint density at radius 2 is 1.80 bits per heavy atom. The fourth-order valence-corrected chi connectivity index (χ4v) is 3.57. The van der Waals surface area contributed by atoms with Crippen LogP contribution in [0.2, 0.25) is 0 Å². The fourth-order valence-electron chi connectivity index (χ4n) is 3.57. The monoisotopic (exact) mass is 396 g/mol. The second-order valence-electron chi connectivity index (χ2n) is 7.18. The van der Waals surface area contributed by atoms with Gasteiger partial charge in [0.25, 0.3) is 0 Å². The van der Waals surface area contributed by atoms with Gasteiger partial charge in [0.2, 0.25) is 0 Å². The van der Waals surface area contributed by atoms with Gasteiger partial charge in [-0.25, -0.2) is 19.9 Å². The van der Waals surface area contributed by atoms with Gasteiger partial charge in [-0.2, -0.15) is 4.98 Å². The molecule has 0 amide bonds. The van der Waals surface area contributed by atoms with Crippen LogP contribution in [-0.2, 0) is 0 Å². The van der Waals surface area contributed by atoms with Crippen molar-refractivity contribution < 1.29 is 0 Å². The maximum Gasteiger partial charge on any atom is 0.200 e. The van der Waals surface area contributed by atoms with Gasteiger partial charge in [-0.15, -0.1) is 0 Å². The summed E-state index contributed by atoms with van der Waals surface area (Å²) in [6, 6.07) is 15.9. The number of hydrogen-bond acceptors (Lipinski definition) is 7. The Balaban J connectivity index is 1.65. The molecule has 0 spiro atoms. The maximum atomic E-state index is 5.79. The van der Waals surface area contributed by atoms with E-state index in [2.05, 4.69) is 25.3 Å². The van der Waals surface area contributed by atoms with Gasteiger partial charge < -0.3 is 16.0 Å². The molecule has 4 N–H and O–H groups in total. The van der Waals surface area contributed by atoms with E-state index in [-0.39, 0.29) is 6.04 Å². The number of nitrogens with two attached hydrogens (primary N) is 1. The summed E-state index contributed by atoms with van der Waals surface area (Å²) in [5.74, 6) is 0.911. The van der Waals surface area contributed by atoms with Gasteiger partial charge in [-0.3, -0.25) is 0 Å². The van der Waals surface area contributed by atoms with E-state index in [4.69, 9.17) is 15.7 Å². The predicted molar refractivity (Wildman–Crippen MR) is 118 cm³/mol. The molecule has 0 aliphatic carbocycles. The Kier molecular flexibility index (Phi) is 4.24. The molecule has 2 aromatic carbocycles. The van der Waals surface area contributed by atoms with Crippen LogP contribution in [0.1, 0.15) is 24.2 Å². The van der Waals surface area contributed by atoms with Crippen molar-refractivity contribution in [1.29, 1.82) is 0 Å². The number of hydrogen-bond donors (Lipinski definition) is 3. The van der Waals surface area contributed by atoms with E-state index in [1.165, 1.54) is 6.33 Å². The van der Waals surface area contributed by atoms with Gasteiger partial charge >= 0.3 is 0 Å². The molecule has 1 atom stereocenters. The van der Waals surface area contributed by atoms with Crippen LogP contribution in [0.15, 0.2) is 54.9 Å². The van der Waals surface area contributed by atoms with Crippen molar-refractivity contribution in [3.63, 3.8) is 0 Å². The second-order valence-corrected chi connectivity index (χ2v) is 7.18. The van der Waals surface area contributed by atoms with E-state index < -0.39 is 0 Å². The van der Waals surface area contributed by atoms with Crippen LogP contribution in [0.3, 0.4) is 0 Å². The number of aromatic amines is 1. The standard InChI is InChI=1S/C22H20N8/c1-12-7-6-10-15-16(12)28-18(14-8-4-3-5-9-14)17(27-15)13(2)26-20-19-21(25-11-24-20)30-22(23)29-19/h3-11,13H,1-2H3,(H4,23,24,25,26,29,30). The summed E-state index contributed by atoms with van der Waals surface area (Å²) < 4.78 is 0. The first kappa shape index (κ1) is 18.0. The van der Waals surface area contributed by atoms with Crippen molar-refractivity contribution in [1.82, 2.24) is 29.9 Å². The molecule has 0 saturated carbocycles. The number of rotatable bonds is 4. The van der Waals surface area contributed by atoms with Crippen molar-refractivity contribution in [2.45, 2.75) is 19.9 Å². The Hall–Kier alpha value is -4.07. The molecule has 5 rings (SSSR count). The molecule has 1 unspecified atom stereocenters. The molecule has 8 heteroatoms. The van der Waals surface area contributed by atoms with Gasteiger partial charge in [0, 0.05) is 5.56 Å². The summed E-state index contributed by atoms with van der Waals surface area (Å²) in [7, 11) is 0. The quantitative estimate of drug-likeness (QED) is 0.420. The summed E-state index contributed by atoms with van der Waals surface area (Å²) in [6.07, 6.45) is 1.46. The third-order valence-electron chi connectivity index (χ3n) is 5.04. The Morgan fingerprint density at radius 1 is 0.967 bits per heavy atom. The Morgan fingerprint density at radius 3 is 2.63 bits per heavy atom. The van der Waals surface area contributed by atoms with Crippen LogP contribution in [0.4, 0.5) is 11.8 Å². The minimum absolute atomic E-state index is 0.180. The molecule has 0 bridgehead atoms. The molecular formula is C22H20N8. The zero-order chi connectivity index (χ0) is 20.7. The van der Waals surface area contributed by atoms with Crippen molar-refractivity contribution in [3.8, 4) is 11.3 Å². The lowest BCUT2D eigenvalue weighted by atomic mass is 10.0. The van der Waals surface area contributed by atoms with E-state index in [1.807, 2.05) is 62.4 Å². The van der Waals surface area contributed by atoms with E-state index >= 15 is 0 Å². The zero-order valence-corrected chi connectivity index (χ0v) is 16.6. The molecular weight excluding hydrogens is 376 g/mol. The molecule has 0 saturated heterocycles. The lowest BCUT2D eigenvalue weighted by molar-refractivity contribution is 0.835. The largest absolute Gasteiger partial charge is 0.369 e. The molecule has 5 aromatic rings. The molecule has 3 aromatic heterocycles. The lowest BCUT2D eigenvalue weighted by Gasteiger charge is -2.18. The smallest absolute Gasteiger partial charge is 0.200 e. The second kappa shape index (κ2) is 7.07. The van der Waals surface area contributed by atoms with Crippen LogP contribution in [-0.4, -0.2) is 29.9 Å². The van der Waals surface area contributed by atoms with Crippen LogP contribution in [0.5, 0.6) is 0 Å². The molecule has 30 heavy (non-hydrogen) atoms. The highest BCUT2D eigenvalue weighted by atomic mass is 15.1. The first-order chi connectivity index (χ1) is 14.6. The van der Waals surface area contributed by atoms with Gasteiger partial charge in [-0.1, -0.05) is 42.5 Å². The summed E-state index contributed by atoms with van der Waals surface area (Å²) >= 11 is 0. The Labute approximate surface area is 172 Å². The van der Waals surface area contributed by atoms with Crippen molar-refractivity contribution in [2.24, 2.45) is 0 Å². The van der Waals surface area contributed by atoms with Gasteiger partial charge in [-0.05, 0) is 25.5 Å². The number of anilines is 2. The molecule has 0 radical (unpaired) electrons. The van der Waals surface area contributed by atoms with Gasteiger partial charge in [0.05, 0.1) is 28.5 Å². The van der Waals surface area contributed by atoms with Gasteiger partial charge in [0.15, 0.2) is 17.4 Å². The van der Waals surface area contributed by atoms with Crippen molar-refractivity contribution >= 4 is 34.0 Å². The van der Waals surface area contributed by atoms with Crippen molar-refractivity contribution in [3.05, 3.63) is 66.1 Å². The number of fused-ring (bicyclic) bond motifs is 2.